The van der Waals surface area contributed by atoms with Crippen LogP contribution in [0.1, 0.15) is 31.7 Å². The summed E-state index contributed by atoms with van der Waals surface area (Å²) in [4.78, 5) is 0. The summed E-state index contributed by atoms with van der Waals surface area (Å²) in [5.74, 6) is 1.36. The van der Waals surface area contributed by atoms with E-state index in [1.165, 1.54) is 0 Å². The molecule has 3 N–H and O–H groups in total. The molecule has 4 heteroatoms. The van der Waals surface area contributed by atoms with Gasteiger partial charge in [-0.1, -0.05) is 19.0 Å². The number of rotatable bonds is 4. The molecule has 2 rings (SSSR count). The van der Waals surface area contributed by atoms with E-state index in [0.717, 1.165) is 24.3 Å². The lowest BCUT2D eigenvalue weighted by molar-refractivity contribution is 0.0370. The third-order valence-electron chi connectivity index (χ3n) is 3.97. The number of nitrogens with zero attached hydrogens (tertiary/aromatic N) is 1. The highest BCUT2D eigenvalue weighted by Gasteiger charge is 2.45. The standard InChI is InChI=1S/C12H20N2O2/c1-12(2)8(6-11(12)13)5-9-7-10(3-4-15)16-14-9/h7-8,11,15H,3-6,13H2,1-2H3/t8-,11+/m1/s1. The van der Waals surface area contributed by atoms with Crippen LogP contribution in [0.4, 0.5) is 0 Å². The lowest BCUT2D eigenvalue weighted by Crippen LogP contribution is -2.55. The largest absolute Gasteiger partial charge is 0.396 e. The molecule has 0 unspecified atom stereocenters. The van der Waals surface area contributed by atoms with Crippen LogP contribution >= 0.6 is 0 Å². The van der Waals surface area contributed by atoms with E-state index in [0.29, 0.717) is 18.4 Å². The van der Waals surface area contributed by atoms with Crippen LogP contribution in [0.5, 0.6) is 0 Å². The van der Waals surface area contributed by atoms with Gasteiger partial charge in [-0.25, -0.2) is 0 Å². The summed E-state index contributed by atoms with van der Waals surface area (Å²) in [5.41, 5.74) is 7.16. The zero-order chi connectivity index (χ0) is 11.8. The van der Waals surface area contributed by atoms with Crippen LogP contribution in [-0.2, 0) is 12.8 Å². The minimum absolute atomic E-state index is 0.106. The van der Waals surface area contributed by atoms with Crippen molar-refractivity contribution in [2.24, 2.45) is 17.1 Å². The second kappa shape index (κ2) is 4.18. The first-order valence-electron chi connectivity index (χ1n) is 5.85. The minimum atomic E-state index is 0.106. The number of aliphatic hydroxyl groups is 1. The number of aliphatic hydroxyl groups excluding tert-OH is 1. The highest BCUT2D eigenvalue weighted by molar-refractivity contribution is 5.10. The summed E-state index contributed by atoms with van der Waals surface area (Å²) in [6.45, 7) is 4.52. The van der Waals surface area contributed by atoms with Gasteiger partial charge in [0.05, 0.1) is 12.3 Å². The lowest BCUT2D eigenvalue weighted by atomic mass is 9.57. The molecule has 0 bridgehead atoms. The van der Waals surface area contributed by atoms with Crippen molar-refractivity contribution < 1.29 is 9.63 Å². The van der Waals surface area contributed by atoms with E-state index in [4.69, 9.17) is 15.4 Å². The van der Waals surface area contributed by atoms with Crippen molar-refractivity contribution in [2.45, 2.75) is 39.2 Å². The van der Waals surface area contributed by atoms with Crippen molar-refractivity contribution in [3.63, 3.8) is 0 Å². The number of aromatic nitrogens is 1. The molecule has 1 fully saturated rings. The first-order valence-corrected chi connectivity index (χ1v) is 5.85. The Kier molecular flexibility index (Phi) is 3.04. The van der Waals surface area contributed by atoms with Gasteiger partial charge in [0.25, 0.3) is 0 Å². The van der Waals surface area contributed by atoms with Gasteiger partial charge >= 0.3 is 0 Å². The topological polar surface area (TPSA) is 72.3 Å². The average molecular weight is 224 g/mol. The Morgan fingerprint density at radius 1 is 1.62 bits per heavy atom. The maximum Gasteiger partial charge on any atom is 0.139 e. The molecule has 1 aromatic heterocycles. The average Bonchev–Trinajstić information content (AvgIpc) is 2.66. The Labute approximate surface area is 95.8 Å². The molecule has 4 nitrogen and oxygen atoms in total. The van der Waals surface area contributed by atoms with E-state index >= 15 is 0 Å². The molecule has 0 spiro atoms. The summed E-state index contributed by atoms with van der Waals surface area (Å²) in [6.07, 6.45) is 2.53. The Balaban J connectivity index is 1.94. The maximum atomic E-state index is 8.78. The summed E-state index contributed by atoms with van der Waals surface area (Å²) < 4.78 is 5.13. The molecule has 16 heavy (non-hydrogen) atoms. The maximum absolute atomic E-state index is 8.78. The number of hydrogen-bond donors (Lipinski definition) is 2. The van der Waals surface area contributed by atoms with Crippen LogP contribution in [0.2, 0.25) is 0 Å². The van der Waals surface area contributed by atoms with Gasteiger partial charge in [0.1, 0.15) is 5.76 Å². The van der Waals surface area contributed by atoms with Gasteiger partial charge in [-0.15, -0.1) is 0 Å². The first-order chi connectivity index (χ1) is 7.54. The number of nitrogens with two attached hydrogens (primary N) is 1. The van der Waals surface area contributed by atoms with E-state index in [1.807, 2.05) is 6.07 Å². The monoisotopic (exact) mass is 224 g/mol. The first kappa shape index (κ1) is 11.6. The van der Waals surface area contributed by atoms with E-state index in [9.17, 15) is 0 Å². The molecule has 0 saturated heterocycles. The van der Waals surface area contributed by atoms with E-state index in [1.54, 1.807) is 0 Å². The highest BCUT2D eigenvalue weighted by Crippen LogP contribution is 2.46. The minimum Gasteiger partial charge on any atom is -0.396 e. The summed E-state index contributed by atoms with van der Waals surface area (Å²) in [5, 5.41) is 12.8. The third-order valence-corrected chi connectivity index (χ3v) is 3.97. The molecule has 0 aromatic carbocycles. The fraction of sp³-hybridized carbons (Fsp3) is 0.750. The summed E-state index contributed by atoms with van der Waals surface area (Å²) in [7, 11) is 0. The van der Waals surface area contributed by atoms with Gasteiger partial charge in [-0.3, -0.25) is 0 Å². The fourth-order valence-corrected chi connectivity index (χ4v) is 2.34. The molecule has 0 aliphatic heterocycles. The van der Waals surface area contributed by atoms with Crippen LogP contribution in [-0.4, -0.2) is 22.9 Å². The van der Waals surface area contributed by atoms with Crippen LogP contribution < -0.4 is 5.73 Å². The second-order valence-corrected chi connectivity index (χ2v) is 5.32. The zero-order valence-electron chi connectivity index (χ0n) is 9.94. The molecule has 2 atom stereocenters. The Bertz CT molecular complexity index is 360. The molecule has 1 saturated carbocycles. The summed E-state index contributed by atoms with van der Waals surface area (Å²) in [6, 6.07) is 2.25. The van der Waals surface area contributed by atoms with Gasteiger partial charge in [0, 0.05) is 18.5 Å². The fourth-order valence-electron chi connectivity index (χ4n) is 2.34. The quantitative estimate of drug-likeness (QED) is 0.804. The molecular formula is C12H20N2O2. The van der Waals surface area contributed by atoms with Crippen molar-refractivity contribution in [2.75, 3.05) is 6.61 Å². The predicted octanol–water partition coefficient (Wildman–Crippen LogP) is 1.13. The molecule has 0 radical (unpaired) electrons. The molecule has 1 aliphatic rings. The van der Waals surface area contributed by atoms with Crippen molar-refractivity contribution in [3.8, 4) is 0 Å². The summed E-state index contributed by atoms with van der Waals surface area (Å²) >= 11 is 0. The van der Waals surface area contributed by atoms with E-state index in [2.05, 4.69) is 19.0 Å². The van der Waals surface area contributed by atoms with Gasteiger partial charge < -0.3 is 15.4 Å². The van der Waals surface area contributed by atoms with Crippen LogP contribution in [0.15, 0.2) is 10.6 Å². The van der Waals surface area contributed by atoms with Crippen LogP contribution in [0.3, 0.4) is 0 Å². The Hall–Kier alpha value is -0.870. The smallest absolute Gasteiger partial charge is 0.139 e. The second-order valence-electron chi connectivity index (χ2n) is 5.32. The van der Waals surface area contributed by atoms with Gasteiger partial charge in [0.2, 0.25) is 0 Å². The SMILES string of the molecule is CC1(C)[C@H](Cc2cc(CCO)on2)C[C@@H]1N. The highest BCUT2D eigenvalue weighted by atomic mass is 16.5. The van der Waals surface area contributed by atoms with Crippen LogP contribution in [0.25, 0.3) is 0 Å². The van der Waals surface area contributed by atoms with Gasteiger partial charge in [0.15, 0.2) is 0 Å². The molecule has 1 aliphatic carbocycles. The number of hydrogen-bond acceptors (Lipinski definition) is 4. The molecule has 0 amide bonds. The van der Waals surface area contributed by atoms with E-state index < -0.39 is 0 Å². The third kappa shape index (κ3) is 1.99. The van der Waals surface area contributed by atoms with Crippen molar-refractivity contribution >= 4 is 0 Å². The Morgan fingerprint density at radius 3 is 2.94 bits per heavy atom. The van der Waals surface area contributed by atoms with Crippen molar-refractivity contribution in [3.05, 3.63) is 17.5 Å². The molecular weight excluding hydrogens is 204 g/mol. The van der Waals surface area contributed by atoms with Crippen molar-refractivity contribution in [1.82, 2.24) is 5.16 Å². The normalized spacial score (nSPS) is 27.8. The van der Waals surface area contributed by atoms with Crippen molar-refractivity contribution in [1.29, 1.82) is 0 Å². The molecule has 1 heterocycles. The van der Waals surface area contributed by atoms with Gasteiger partial charge in [-0.05, 0) is 24.2 Å². The Morgan fingerprint density at radius 2 is 2.38 bits per heavy atom. The zero-order valence-corrected chi connectivity index (χ0v) is 9.94. The molecule has 90 valence electrons. The predicted molar refractivity (Wildman–Crippen MR) is 60.9 cm³/mol. The molecule has 1 aromatic rings. The lowest BCUT2D eigenvalue weighted by Gasteiger charge is -2.50. The van der Waals surface area contributed by atoms with Gasteiger partial charge in [-0.2, -0.15) is 0 Å². The van der Waals surface area contributed by atoms with E-state index in [-0.39, 0.29) is 12.0 Å². The van der Waals surface area contributed by atoms with Crippen LogP contribution in [0, 0.1) is 11.3 Å².